The Bertz CT molecular complexity index is 980. The standard InChI is InChI=1S/C18H21N5O4S/c1-9-2-4-10(5-3-9)7-28-18-22-12-15(19)20-8-21-16(12)23(18)17-14(26)13(25)11(6-24)27-17/h2-5,8,11,13-14,17,24-26H,6-7H2,1H3,(H2,19,20,21)/t11-,13?,14?,17-/m1/s1. The van der Waals surface area contributed by atoms with Crippen molar-refractivity contribution < 1.29 is 20.1 Å². The van der Waals surface area contributed by atoms with Gasteiger partial charge in [0.1, 0.15) is 24.6 Å². The number of hydrogen-bond donors (Lipinski definition) is 4. The molecule has 0 radical (unpaired) electrons. The number of ether oxygens (including phenoxy) is 1. The van der Waals surface area contributed by atoms with Crippen LogP contribution in [0.3, 0.4) is 0 Å². The molecule has 10 heteroatoms. The summed E-state index contributed by atoms with van der Waals surface area (Å²) in [7, 11) is 0. The monoisotopic (exact) mass is 403 g/mol. The summed E-state index contributed by atoms with van der Waals surface area (Å²) >= 11 is 1.43. The Morgan fingerprint density at radius 3 is 2.61 bits per heavy atom. The van der Waals surface area contributed by atoms with E-state index in [0.717, 1.165) is 5.56 Å². The van der Waals surface area contributed by atoms with Crippen molar-refractivity contribution in [2.45, 2.75) is 42.4 Å². The number of imidazole rings is 1. The molecule has 0 spiro atoms. The van der Waals surface area contributed by atoms with Crippen LogP contribution in [-0.2, 0) is 10.5 Å². The number of aliphatic hydroxyl groups is 3. The Morgan fingerprint density at radius 1 is 1.18 bits per heavy atom. The fourth-order valence-corrected chi connectivity index (χ4v) is 4.14. The van der Waals surface area contributed by atoms with Crippen molar-refractivity contribution in [3.05, 3.63) is 41.7 Å². The highest BCUT2D eigenvalue weighted by Gasteiger charge is 2.45. The number of rotatable bonds is 5. The zero-order chi connectivity index (χ0) is 19.8. The van der Waals surface area contributed by atoms with Crippen LogP contribution in [0, 0.1) is 6.92 Å². The summed E-state index contributed by atoms with van der Waals surface area (Å²) in [6.45, 7) is 1.61. The second-order valence-corrected chi connectivity index (χ2v) is 7.64. The number of thioether (sulfide) groups is 1. The molecule has 0 saturated carbocycles. The van der Waals surface area contributed by atoms with Crippen LogP contribution < -0.4 is 5.73 Å². The third-order valence-corrected chi connectivity index (χ3v) is 5.76. The van der Waals surface area contributed by atoms with Gasteiger partial charge < -0.3 is 25.8 Å². The number of nitrogens with zero attached hydrogens (tertiary/aromatic N) is 4. The maximum atomic E-state index is 10.5. The molecule has 0 bridgehead atoms. The van der Waals surface area contributed by atoms with Gasteiger partial charge in [-0.1, -0.05) is 41.6 Å². The predicted molar refractivity (Wildman–Crippen MR) is 103 cm³/mol. The van der Waals surface area contributed by atoms with Crippen molar-refractivity contribution in [1.82, 2.24) is 19.5 Å². The van der Waals surface area contributed by atoms with Crippen molar-refractivity contribution in [2.75, 3.05) is 12.3 Å². The Balaban J connectivity index is 1.72. The summed E-state index contributed by atoms with van der Waals surface area (Å²) in [6, 6.07) is 8.15. The SMILES string of the molecule is Cc1ccc(CSc2nc3c(N)ncnc3n2[C@@H]2O[C@H](CO)C(O)C2O)cc1. The molecule has 3 aromatic rings. The Morgan fingerprint density at radius 2 is 1.93 bits per heavy atom. The number of anilines is 1. The van der Waals surface area contributed by atoms with Crippen LogP contribution in [0.15, 0.2) is 35.7 Å². The Labute approximate surface area is 165 Å². The number of nitrogens with two attached hydrogens (primary N) is 1. The van der Waals surface area contributed by atoms with Crippen LogP contribution in [0.5, 0.6) is 0 Å². The fourth-order valence-electron chi connectivity index (χ4n) is 3.16. The molecular weight excluding hydrogens is 382 g/mol. The molecule has 4 rings (SSSR count). The molecule has 9 nitrogen and oxygen atoms in total. The molecule has 1 aliphatic rings. The van der Waals surface area contributed by atoms with E-state index in [1.54, 1.807) is 4.57 Å². The minimum Gasteiger partial charge on any atom is -0.394 e. The molecule has 2 unspecified atom stereocenters. The van der Waals surface area contributed by atoms with E-state index in [4.69, 9.17) is 10.5 Å². The number of aliphatic hydroxyl groups excluding tert-OH is 3. The molecule has 1 fully saturated rings. The van der Waals surface area contributed by atoms with E-state index in [9.17, 15) is 15.3 Å². The van der Waals surface area contributed by atoms with E-state index in [1.807, 2.05) is 31.2 Å². The quantitative estimate of drug-likeness (QED) is 0.451. The number of fused-ring (bicyclic) bond motifs is 1. The first-order valence-electron chi connectivity index (χ1n) is 8.78. The van der Waals surface area contributed by atoms with Crippen molar-refractivity contribution in [3.8, 4) is 0 Å². The number of aryl methyl sites for hydroxylation is 1. The molecule has 5 N–H and O–H groups in total. The number of benzene rings is 1. The van der Waals surface area contributed by atoms with E-state index >= 15 is 0 Å². The normalized spacial score (nSPS) is 24.9. The largest absolute Gasteiger partial charge is 0.394 e. The molecule has 0 aliphatic carbocycles. The summed E-state index contributed by atoms with van der Waals surface area (Å²) < 4.78 is 7.30. The van der Waals surface area contributed by atoms with Crippen LogP contribution in [-0.4, -0.2) is 59.8 Å². The van der Waals surface area contributed by atoms with E-state index in [1.165, 1.54) is 23.7 Å². The molecule has 1 aliphatic heterocycles. The molecule has 0 amide bonds. The lowest BCUT2D eigenvalue weighted by molar-refractivity contribution is -0.0548. The van der Waals surface area contributed by atoms with Crippen molar-refractivity contribution in [3.63, 3.8) is 0 Å². The average molecular weight is 403 g/mol. The Kier molecular flexibility index (Phi) is 5.21. The highest BCUT2D eigenvalue weighted by Crippen LogP contribution is 2.37. The third-order valence-electron chi connectivity index (χ3n) is 4.73. The lowest BCUT2D eigenvalue weighted by atomic mass is 10.1. The molecule has 1 saturated heterocycles. The molecule has 28 heavy (non-hydrogen) atoms. The second kappa shape index (κ2) is 7.64. The lowest BCUT2D eigenvalue weighted by Crippen LogP contribution is -2.33. The summed E-state index contributed by atoms with van der Waals surface area (Å²) in [5.41, 5.74) is 9.02. The minimum atomic E-state index is -1.25. The molecule has 1 aromatic carbocycles. The van der Waals surface area contributed by atoms with Gasteiger partial charge >= 0.3 is 0 Å². The van der Waals surface area contributed by atoms with Gasteiger partial charge in [-0.15, -0.1) is 0 Å². The van der Waals surface area contributed by atoms with E-state index in [0.29, 0.717) is 22.1 Å². The maximum Gasteiger partial charge on any atom is 0.172 e. The molecular formula is C18H21N5O4S. The maximum absolute atomic E-state index is 10.5. The van der Waals surface area contributed by atoms with Crippen molar-refractivity contribution in [2.24, 2.45) is 0 Å². The first-order valence-corrected chi connectivity index (χ1v) is 9.77. The number of hydrogen-bond acceptors (Lipinski definition) is 9. The van der Waals surface area contributed by atoms with Crippen LogP contribution in [0.1, 0.15) is 17.4 Å². The van der Waals surface area contributed by atoms with Gasteiger partial charge in [0.25, 0.3) is 0 Å². The first-order chi connectivity index (χ1) is 13.5. The van der Waals surface area contributed by atoms with Crippen molar-refractivity contribution in [1.29, 1.82) is 0 Å². The topological polar surface area (TPSA) is 140 Å². The van der Waals surface area contributed by atoms with Gasteiger partial charge in [0.2, 0.25) is 0 Å². The first kappa shape index (κ1) is 19.1. The summed E-state index contributed by atoms with van der Waals surface area (Å²) in [6.07, 6.45) is -3.00. The van der Waals surface area contributed by atoms with E-state index in [2.05, 4.69) is 15.0 Å². The van der Waals surface area contributed by atoms with Gasteiger partial charge in [0, 0.05) is 5.75 Å². The summed E-state index contributed by atoms with van der Waals surface area (Å²) in [5, 5.41) is 30.6. The van der Waals surface area contributed by atoms with Crippen LogP contribution >= 0.6 is 11.8 Å². The zero-order valence-electron chi connectivity index (χ0n) is 15.1. The fraction of sp³-hybridized carbons (Fsp3) is 0.389. The smallest absolute Gasteiger partial charge is 0.172 e. The minimum absolute atomic E-state index is 0.215. The molecule has 2 aromatic heterocycles. The van der Waals surface area contributed by atoms with E-state index < -0.39 is 31.1 Å². The lowest BCUT2D eigenvalue weighted by Gasteiger charge is -2.19. The highest BCUT2D eigenvalue weighted by molar-refractivity contribution is 7.98. The third kappa shape index (κ3) is 3.33. The van der Waals surface area contributed by atoms with Crippen LogP contribution in [0.25, 0.3) is 11.2 Å². The molecule has 4 atom stereocenters. The summed E-state index contributed by atoms with van der Waals surface area (Å²) in [5.74, 6) is 0.846. The summed E-state index contributed by atoms with van der Waals surface area (Å²) in [4.78, 5) is 12.8. The van der Waals surface area contributed by atoms with Gasteiger partial charge in [0.05, 0.1) is 6.61 Å². The molecule has 148 valence electrons. The number of aromatic nitrogens is 4. The molecule has 3 heterocycles. The number of nitrogen functional groups attached to an aromatic ring is 1. The van der Waals surface area contributed by atoms with Gasteiger partial charge in [-0.25, -0.2) is 15.0 Å². The van der Waals surface area contributed by atoms with E-state index in [-0.39, 0.29) is 5.82 Å². The van der Waals surface area contributed by atoms with Crippen LogP contribution in [0.2, 0.25) is 0 Å². The van der Waals surface area contributed by atoms with Gasteiger partial charge in [-0.3, -0.25) is 4.57 Å². The Hall–Kier alpha value is -2.24. The van der Waals surface area contributed by atoms with Gasteiger partial charge in [0.15, 0.2) is 28.4 Å². The van der Waals surface area contributed by atoms with Gasteiger partial charge in [-0.2, -0.15) is 0 Å². The zero-order valence-corrected chi connectivity index (χ0v) is 16.0. The average Bonchev–Trinajstić information content (AvgIpc) is 3.20. The van der Waals surface area contributed by atoms with Crippen LogP contribution in [0.4, 0.5) is 5.82 Å². The van der Waals surface area contributed by atoms with Gasteiger partial charge in [-0.05, 0) is 12.5 Å². The second-order valence-electron chi connectivity index (χ2n) is 6.70. The van der Waals surface area contributed by atoms with Crippen molar-refractivity contribution >= 4 is 28.7 Å². The predicted octanol–water partition coefficient (Wildman–Crippen LogP) is 0.621. The highest BCUT2D eigenvalue weighted by atomic mass is 32.2.